The van der Waals surface area contributed by atoms with Crippen molar-refractivity contribution >= 4 is 98.3 Å². The SMILES string of the molecule is c1ccc(N(c2ccccc2)c2ccc3oc4cc(N(c5ccccc5)c5ccc6sc7ccccc7c6c5)c5ccccc5c4c3c2)cc1. The lowest BCUT2D eigenvalue weighted by Crippen LogP contribution is -2.10. The van der Waals surface area contributed by atoms with Gasteiger partial charge in [0.25, 0.3) is 0 Å². The molecule has 0 aliphatic heterocycles. The number of rotatable bonds is 6. The first-order valence-corrected chi connectivity index (χ1v) is 17.7. The van der Waals surface area contributed by atoms with E-state index in [1.807, 2.05) is 11.3 Å². The van der Waals surface area contributed by atoms with E-state index in [9.17, 15) is 0 Å². The number of hydrogen-bond donors (Lipinski definition) is 0. The highest BCUT2D eigenvalue weighted by Gasteiger charge is 2.22. The minimum absolute atomic E-state index is 0.861. The first-order valence-electron chi connectivity index (χ1n) is 16.8. The van der Waals surface area contributed by atoms with Gasteiger partial charge in [-0.05, 0) is 84.2 Å². The van der Waals surface area contributed by atoms with Crippen molar-refractivity contribution in [2.75, 3.05) is 9.80 Å². The van der Waals surface area contributed by atoms with Crippen molar-refractivity contribution in [2.45, 2.75) is 0 Å². The summed E-state index contributed by atoms with van der Waals surface area (Å²) in [6.07, 6.45) is 0. The van der Waals surface area contributed by atoms with E-state index in [1.54, 1.807) is 0 Å². The Morgan fingerprint density at radius 2 is 0.860 bits per heavy atom. The Morgan fingerprint density at radius 3 is 1.56 bits per heavy atom. The van der Waals surface area contributed by atoms with Crippen molar-refractivity contribution in [3.8, 4) is 0 Å². The largest absolute Gasteiger partial charge is 0.456 e. The van der Waals surface area contributed by atoms with Gasteiger partial charge in [0.1, 0.15) is 11.2 Å². The Morgan fingerprint density at radius 1 is 0.340 bits per heavy atom. The van der Waals surface area contributed by atoms with Crippen molar-refractivity contribution in [1.29, 1.82) is 0 Å². The van der Waals surface area contributed by atoms with Crippen LogP contribution >= 0.6 is 11.3 Å². The van der Waals surface area contributed by atoms with Gasteiger partial charge >= 0.3 is 0 Å². The summed E-state index contributed by atoms with van der Waals surface area (Å²) in [7, 11) is 0. The summed E-state index contributed by atoms with van der Waals surface area (Å²) in [6.45, 7) is 0. The Hall–Kier alpha value is -6.36. The van der Waals surface area contributed by atoms with E-state index in [-0.39, 0.29) is 0 Å². The Labute approximate surface area is 293 Å². The molecule has 8 aromatic carbocycles. The lowest BCUT2D eigenvalue weighted by molar-refractivity contribution is 0.669. The Kier molecular flexibility index (Phi) is 6.68. The first kappa shape index (κ1) is 28.6. The summed E-state index contributed by atoms with van der Waals surface area (Å²) in [6, 6.07) is 64.8. The molecule has 0 bridgehead atoms. The number of benzene rings is 8. The zero-order valence-corrected chi connectivity index (χ0v) is 27.8. The molecule has 0 amide bonds. The molecule has 0 aliphatic rings. The van der Waals surface area contributed by atoms with Gasteiger partial charge in [-0.3, -0.25) is 0 Å². The molecule has 0 fully saturated rings. The maximum atomic E-state index is 6.74. The van der Waals surface area contributed by atoms with Gasteiger partial charge in [-0.2, -0.15) is 0 Å². The number of anilines is 6. The highest BCUT2D eigenvalue weighted by atomic mass is 32.1. The lowest BCUT2D eigenvalue weighted by atomic mass is 10.00. The van der Waals surface area contributed by atoms with Crippen LogP contribution in [0, 0.1) is 0 Å². The zero-order valence-electron chi connectivity index (χ0n) is 27.0. The number of hydrogen-bond acceptors (Lipinski definition) is 4. The highest BCUT2D eigenvalue weighted by molar-refractivity contribution is 7.25. The van der Waals surface area contributed by atoms with Crippen LogP contribution in [0.4, 0.5) is 34.1 Å². The van der Waals surface area contributed by atoms with Gasteiger partial charge in [-0.15, -0.1) is 11.3 Å². The molecule has 236 valence electrons. The fourth-order valence-electron chi connectivity index (χ4n) is 7.39. The predicted molar refractivity (Wildman–Crippen MR) is 213 cm³/mol. The Bertz CT molecular complexity index is 2780. The number of fused-ring (bicyclic) bond motifs is 8. The molecule has 2 aromatic heterocycles. The molecule has 10 aromatic rings. The van der Waals surface area contributed by atoms with Crippen LogP contribution in [0.1, 0.15) is 0 Å². The smallest absolute Gasteiger partial charge is 0.138 e. The summed E-state index contributed by atoms with van der Waals surface area (Å²) < 4.78 is 9.33. The molecule has 0 aliphatic carbocycles. The molecule has 50 heavy (non-hydrogen) atoms. The maximum Gasteiger partial charge on any atom is 0.138 e. The molecular weight excluding hydrogens is 629 g/mol. The van der Waals surface area contributed by atoms with Crippen LogP contribution in [0.5, 0.6) is 0 Å². The lowest BCUT2D eigenvalue weighted by Gasteiger charge is -2.27. The molecule has 4 heteroatoms. The maximum absolute atomic E-state index is 6.74. The molecule has 0 radical (unpaired) electrons. The summed E-state index contributed by atoms with van der Waals surface area (Å²) in [5.74, 6) is 0. The van der Waals surface area contributed by atoms with E-state index in [2.05, 4.69) is 192 Å². The fraction of sp³-hybridized carbons (Fsp3) is 0. The molecule has 0 saturated heterocycles. The third-order valence-corrected chi connectivity index (χ3v) is 10.8. The normalized spacial score (nSPS) is 11.6. The van der Waals surface area contributed by atoms with Crippen LogP contribution in [0.25, 0.3) is 52.9 Å². The standard InChI is InChI=1S/C46H30N2OS/c1-4-14-31(15-5-1)47(32-16-6-2-7-17-32)34-24-26-42-40(29-34)46-38-22-11-10-20-36(38)41(30-43(46)49-42)48(33-18-8-3-9-19-33)35-25-27-45-39(28-35)37-21-12-13-23-44(37)50-45/h1-30H. The van der Waals surface area contributed by atoms with Gasteiger partial charge in [-0.25, -0.2) is 0 Å². The van der Waals surface area contributed by atoms with Gasteiger partial charge in [0.05, 0.1) is 5.69 Å². The van der Waals surface area contributed by atoms with E-state index in [4.69, 9.17) is 4.42 Å². The topological polar surface area (TPSA) is 19.6 Å². The van der Waals surface area contributed by atoms with Crippen LogP contribution < -0.4 is 9.80 Å². The molecule has 0 unspecified atom stereocenters. The average Bonchev–Trinajstić information content (AvgIpc) is 3.74. The minimum atomic E-state index is 0.861. The molecule has 10 rings (SSSR count). The van der Waals surface area contributed by atoms with Crippen LogP contribution in [0.15, 0.2) is 186 Å². The van der Waals surface area contributed by atoms with E-state index in [0.717, 1.165) is 66.8 Å². The van der Waals surface area contributed by atoms with E-state index in [0.29, 0.717) is 0 Å². The third kappa shape index (κ3) is 4.65. The zero-order chi connectivity index (χ0) is 33.0. The van der Waals surface area contributed by atoms with Crippen LogP contribution in [-0.4, -0.2) is 0 Å². The van der Waals surface area contributed by atoms with Crippen molar-refractivity contribution in [3.05, 3.63) is 182 Å². The van der Waals surface area contributed by atoms with E-state index < -0.39 is 0 Å². The second-order valence-corrected chi connectivity index (χ2v) is 13.6. The molecule has 0 spiro atoms. The predicted octanol–water partition coefficient (Wildman–Crippen LogP) is 14.0. The molecule has 3 nitrogen and oxygen atoms in total. The number of thiophene rings is 1. The fourth-order valence-corrected chi connectivity index (χ4v) is 8.48. The van der Waals surface area contributed by atoms with Gasteiger partial charge in [0.2, 0.25) is 0 Å². The summed E-state index contributed by atoms with van der Waals surface area (Å²) >= 11 is 1.84. The van der Waals surface area contributed by atoms with Crippen molar-refractivity contribution in [2.24, 2.45) is 0 Å². The molecular formula is C46H30N2OS. The highest BCUT2D eigenvalue weighted by Crippen LogP contribution is 2.47. The monoisotopic (exact) mass is 658 g/mol. The summed E-state index contributed by atoms with van der Waals surface area (Å²) in [4.78, 5) is 4.68. The van der Waals surface area contributed by atoms with Crippen LogP contribution in [-0.2, 0) is 0 Å². The molecule has 0 N–H and O–H groups in total. The van der Waals surface area contributed by atoms with Gasteiger partial charge in [0, 0.05) is 70.8 Å². The second kappa shape index (κ2) is 11.7. The van der Waals surface area contributed by atoms with Crippen molar-refractivity contribution < 1.29 is 4.42 Å². The van der Waals surface area contributed by atoms with Crippen molar-refractivity contribution in [1.82, 2.24) is 0 Å². The van der Waals surface area contributed by atoms with Crippen LogP contribution in [0.3, 0.4) is 0 Å². The van der Waals surface area contributed by atoms with Gasteiger partial charge < -0.3 is 14.2 Å². The molecule has 0 saturated carbocycles. The second-order valence-electron chi connectivity index (χ2n) is 12.6. The first-order chi connectivity index (χ1) is 24.8. The molecule has 0 atom stereocenters. The average molecular weight is 659 g/mol. The Balaban J connectivity index is 1.21. The molecule has 2 heterocycles. The van der Waals surface area contributed by atoms with E-state index >= 15 is 0 Å². The number of para-hydroxylation sites is 3. The number of nitrogens with zero attached hydrogens (tertiary/aromatic N) is 2. The van der Waals surface area contributed by atoms with E-state index in [1.165, 1.54) is 20.2 Å². The van der Waals surface area contributed by atoms with Gasteiger partial charge in [0.15, 0.2) is 0 Å². The summed E-state index contributed by atoms with van der Waals surface area (Å²) in [5.41, 5.74) is 8.29. The summed E-state index contributed by atoms with van der Waals surface area (Å²) in [5, 5.41) is 7.09. The minimum Gasteiger partial charge on any atom is -0.456 e. The van der Waals surface area contributed by atoms with Crippen molar-refractivity contribution in [3.63, 3.8) is 0 Å². The van der Waals surface area contributed by atoms with Crippen LogP contribution in [0.2, 0.25) is 0 Å². The third-order valence-electron chi connectivity index (χ3n) is 9.60. The number of furan rings is 1. The quantitative estimate of drug-likeness (QED) is 0.177. The van der Waals surface area contributed by atoms with Gasteiger partial charge in [-0.1, -0.05) is 97.1 Å².